The van der Waals surface area contributed by atoms with Crippen LogP contribution in [0.3, 0.4) is 0 Å². The van der Waals surface area contributed by atoms with Gasteiger partial charge in [0.1, 0.15) is 5.82 Å². The van der Waals surface area contributed by atoms with Crippen molar-refractivity contribution in [2.45, 2.75) is 44.3 Å². The number of halogens is 3. The number of carbonyl (C=O) groups is 1. The second kappa shape index (κ2) is 8.85. The second-order valence-corrected chi connectivity index (χ2v) is 7.61. The largest absolute Gasteiger partial charge is 0.353 e. The zero-order valence-electron chi connectivity index (χ0n) is 14.3. The molecule has 0 saturated heterocycles. The molecule has 0 unspecified atom stereocenters. The molecule has 0 spiro atoms. The molecule has 3 nitrogen and oxygen atoms in total. The fourth-order valence-electron chi connectivity index (χ4n) is 3.38. The Morgan fingerprint density at radius 1 is 1.04 bits per heavy atom. The van der Waals surface area contributed by atoms with E-state index in [-0.39, 0.29) is 18.4 Å². The SMILES string of the molecule is O=C(Cc1cc(F)cc(Cl)c1)N[C@H]1CC[C@H](NCc2cccc(Cl)c2)C1. The van der Waals surface area contributed by atoms with Crippen LogP contribution in [0.4, 0.5) is 4.39 Å². The van der Waals surface area contributed by atoms with E-state index in [4.69, 9.17) is 23.2 Å². The van der Waals surface area contributed by atoms with Crippen LogP contribution in [0.5, 0.6) is 0 Å². The lowest BCUT2D eigenvalue weighted by molar-refractivity contribution is -0.121. The third kappa shape index (κ3) is 5.70. The van der Waals surface area contributed by atoms with E-state index in [9.17, 15) is 9.18 Å². The van der Waals surface area contributed by atoms with Crippen LogP contribution >= 0.6 is 23.2 Å². The van der Waals surface area contributed by atoms with Crippen LogP contribution in [0.25, 0.3) is 0 Å². The highest BCUT2D eigenvalue weighted by Gasteiger charge is 2.25. The Labute approximate surface area is 162 Å². The molecule has 0 heterocycles. The van der Waals surface area contributed by atoms with Crippen molar-refractivity contribution in [2.24, 2.45) is 0 Å². The van der Waals surface area contributed by atoms with E-state index in [2.05, 4.69) is 10.6 Å². The summed E-state index contributed by atoms with van der Waals surface area (Å²) in [5, 5.41) is 7.59. The molecule has 2 aromatic rings. The summed E-state index contributed by atoms with van der Waals surface area (Å²) >= 11 is 11.8. The van der Waals surface area contributed by atoms with Crippen molar-refractivity contribution < 1.29 is 9.18 Å². The van der Waals surface area contributed by atoms with Gasteiger partial charge in [-0.15, -0.1) is 0 Å². The lowest BCUT2D eigenvalue weighted by Gasteiger charge is -2.15. The molecule has 3 rings (SSSR count). The van der Waals surface area contributed by atoms with Crippen LogP contribution in [0, 0.1) is 5.82 Å². The van der Waals surface area contributed by atoms with Gasteiger partial charge in [-0.05, 0) is 60.7 Å². The number of amides is 1. The molecule has 0 aliphatic heterocycles. The van der Waals surface area contributed by atoms with Crippen LogP contribution in [-0.4, -0.2) is 18.0 Å². The van der Waals surface area contributed by atoms with Crippen molar-refractivity contribution in [3.8, 4) is 0 Å². The van der Waals surface area contributed by atoms with E-state index in [1.807, 2.05) is 24.3 Å². The monoisotopic (exact) mass is 394 g/mol. The van der Waals surface area contributed by atoms with Gasteiger partial charge in [0.15, 0.2) is 0 Å². The van der Waals surface area contributed by atoms with Crippen LogP contribution in [0.1, 0.15) is 30.4 Å². The van der Waals surface area contributed by atoms with E-state index in [0.29, 0.717) is 16.6 Å². The summed E-state index contributed by atoms with van der Waals surface area (Å²) in [7, 11) is 0. The maximum absolute atomic E-state index is 13.4. The molecule has 1 fully saturated rings. The van der Waals surface area contributed by atoms with Gasteiger partial charge in [0.05, 0.1) is 6.42 Å². The van der Waals surface area contributed by atoms with Crippen molar-refractivity contribution in [2.75, 3.05) is 0 Å². The Hall–Kier alpha value is -1.62. The maximum Gasteiger partial charge on any atom is 0.224 e. The summed E-state index contributed by atoms with van der Waals surface area (Å²) in [6, 6.07) is 12.5. The first kappa shape index (κ1) is 19.2. The van der Waals surface area contributed by atoms with Gasteiger partial charge >= 0.3 is 0 Å². The summed E-state index contributed by atoms with van der Waals surface area (Å²) in [5.41, 5.74) is 1.73. The molecule has 1 aliphatic rings. The molecule has 138 valence electrons. The molecule has 26 heavy (non-hydrogen) atoms. The lowest BCUT2D eigenvalue weighted by atomic mass is 10.1. The number of hydrogen-bond acceptors (Lipinski definition) is 2. The lowest BCUT2D eigenvalue weighted by Crippen LogP contribution is -2.36. The van der Waals surface area contributed by atoms with Crippen LogP contribution in [0.15, 0.2) is 42.5 Å². The molecule has 1 amide bonds. The minimum atomic E-state index is -0.425. The highest BCUT2D eigenvalue weighted by Crippen LogP contribution is 2.21. The van der Waals surface area contributed by atoms with Gasteiger partial charge in [0, 0.05) is 28.7 Å². The van der Waals surface area contributed by atoms with Crippen molar-refractivity contribution in [1.29, 1.82) is 0 Å². The Bertz CT molecular complexity index is 764. The smallest absolute Gasteiger partial charge is 0.224 e. The van der Waals surface area contributed by atoms with Crippen molar-refractivity contribution in [3.05, 3.63) is 69.5 Å². The average molecular weight is 395 g/mol. The Morgan fingerprint density at radius 3 is 2.58 bits per heavy atom. The predicted molar refractivity (Wildman–Crippen MR) is 103 cm³/mol. The Kier molecular flexibility index (Phi) is 6.52. The first-order chi connectivity index (χ1) is 12.5. The number of carbonyl (C=O) groups excluding carboxylic acids is 1. The predicted octanol–water partition coefficient (Wildman–Crippen LogP) is 4.50. The fraction of sp³-hybridized carbons (Fsp3) is 0.350. The zero-order valence-corrected chi connectivity index (χ0v) is 15.8. The first-order valence-corrected chi connectivity index (χ1v) is 9.45. The van der Waals surface area contributed by atoms with Crippen molar-refractivity contribution in [1.82, 2.24) is 10.6 Å². The minimum Gasteiger partial charge on any atom is -0.353 e. The van der Waals surface area contributed by atoms with E-state index in [1.54, 1.807) is 6.07 Å². The van der Waals surface area contributed by atoms with Gasteiger partial charge in [0.25, 0.3) is 0 Å². The van der Waals surface area contributed by atoms with Gasteiger partial charge in [-0.3, -0.25) is 4.79 Å². The first-order valence-electron chi connectivity index (χ1n) is 8.70. The Morgan fingerprint density at radius 2 is 1.81 bits per heavy atom. The second-order valence-electron chi connectivity index (χ2n) is 6.74. The molecular weight excluding hydrogens is 374 g/mol. The molecule has 1 saturated carbocycles. The van der Waals surface area contributed by atoms with E-state index in [1.165, 1.54) is 12.1 Å². The summed E-state index contributed by atoms with van der Waals surface area (Å²) in [5.74, 6) is -0.529. The summed E-state index contributed by atoms with van der Waals surface area (Å²) in [4.78, 5) is 12.2. The average Bonchev–Trinajstić information content (AvgIpc) is 2.99. The highest BCUT2D eigenvalue weighted by atomic mass is 35.5. The topological polar surface area (TPSA) is 41.1 Å². The van der Waals surface area contributed by atoms with Crippen molar-refractivity contribution in [3.63, 3.8) is 0 Å². The van der Waals surface area contributed by atoms with E-state index >= 15 is 0 Å². The minimum absolute atomic E-state index is 0.104. The molecule has 0 radical (unpaired) electrons. The molecule has 2 atom stereocenters. The molecule has 1 aliphatic carbocycles. The molecular formula is C20H21Cl2FN2O. The standard InChI is InChI=1S/C20H21Cl2FN2O/c21-15-3-1-2-13(6-15)12-24-18-4-5-19(11-18)25-20(26)9-14-7-16(22)10-17(23)8-14/h1-3,6-8,10,18-19,24H,4-5,9,11-12H2,(H,25,26)/t18-,19-/m0/s1. The summed E-state index contributed by atoms with van der Waals surface area (Å²) < 4.78 is 13.4. The van der Waals surface area contributed by atoms with Crippen molar-refractivity contribution >= 4 is 29.1 Å². The third-order valence-electron chi connectivity index (χ3n) is 4.57. The van der Waals surface area contributed by atoms with Crippen LogP contribution < -0.4 is 10.6 Å². The third-order valence-corrected chi connectivity index (χ3v) is 5.02. The molecule has 2 N–H and O–H groups in total. The molecule has 6 heteroatoms. The molecule has 2 aromatic carbocycles. The van der Waals surface area contributed by atoms with E-state index < -0.39 is 5.82 Å². The van der Waals surface area contributed by atoms with Crippen LogP contribution in [-0.2, 0) is 17.8 Å². The Balaban J connectivity index is 1.44. The highest BCUT2D eigenvalue weighted by molar-refractivity contribution is 6.30. The van der Waals surface area contributed by atoms with Gasteiger partial charge in [0.2, 0.25) is 5.91 Å². The summed E-state index contributed by atoms with van der Waals surface area (Å²) in [6.45, 7) is 0.758. The van der Waals surface area contributed by atoms with Gasteiger partial charge in [-0.25, -0.2) is 4.39 Å². The number of benzene rings is 2. The van der Waals surface area contributed by atoms with Gasteiger partial charge in [-0.1, -0.05) is 35.3 Å². The number of rotatable bonds is 6. The normalized spacial score (nSPS) is 19.5. The zero-order chi connectivity index (χ0) is 18.5. The molecule has 0 bridgehead atoms. The fourth-order valence-corrected chi connectivity index (χ4v) is 3.84. The number of hydrogen-bond donors (Lipinski definition) is 2. The maximum atomic E-state index is 13.4. The van der Waals surface area contributed by atoms with Gasteiger partial charge < -0.3 is 10.6 Å². The quantitative estimate of drug-likeness (QED) is 0.756. The molecule has 0 aromatic heterocycles. The van der Waals surface area contributed by atoms with E-state index in [0.717, 1.165) is 36.4 Å². The van der Waals surface area contributed by atoms with Gasteiger partial charge in [-0.2, -0.15) is 0 Å². The van der Waals surface area contributed by atoms with Crippen LogP contribution in [0.2, 0.25) is 10.0 Å². The summed E-state index contributed by atoms with van der Waals surface area (Å²) in [6.07, 6.45) is 2.96. The number of nitrogens with one attached hydrogen (secondary N) is 2.